The summed E-state index contributed by atoms with van der Waals surface area (Å²) in [6, 6.07) is 24.0. The standard InChI is InChI=1S/C34H43N3O5S/c1-26-13-11-16-28(23-26)25-36(31(24-27-14-5-4-6-15-27)34(39)35-29-17-7-8-18-29)33(38)21-12-22-37(43(3,40)41)30-19-9-10-20-32(30)42-2/h4-6,9-11,13-16,19-20,23,29,31H,7-8,12,17-18,21-22,24-25H2,1-3H3,(H,35,39). The van der Waals surface area contributed by atoms with E-state index in [4.69, 9.17) is 4.74 Å². The normalized spacial score (nSPS) is 14.2. The fourth-order valence-electron chi connectivity index (χ4n) is 5.75. The molecular formula is C34H43N3O5S. The molecule has 4 rings (SSSR count). The van der Waals surface area contributed by atoms with Crippen molar-refractivity contribution in [3.8, 4) is 5.75 Å². The van der Waals surface area contributed by atoms with Crippen molar-refractivity contribution in [1.29, 1.82) is 0 Å². The van der Waals surface area contributed by atoms with Gasteiger partial charge in [-0.1, -0.05) is 85.1 Å². The van der Waals surface area contributed by atoms with Crippen LogP contribution in [0.15, 0.2) is 78.9 Å². The van der Waals surface area contributed by atoms with Crippen LogP contribution in [0.4, 0.5) is 5.69 Å². The minimum atomic E-state index is -3.64. The summed E-state index contributed by atoms with van der Waals surface area (Å²) in [5.41, 5.74) is 3.40. The maximum Gasteiger partial charge on any atom is 0.243 e. The lowest BCUT2D eigenvalue weighted by atomic mass is 10.0. The molecule has 1 aliphatic carbocycles. The van der Waals surface area contributed by atoms with E-state index in [-0.39, 0.29) is 43.8 Å². The van der Waals surface area contributed by atoms with Crippen LogP contribution < -0.4 is 14.4 Å². The zero-order chi connectivity index (χ0) is 30.8. The van der Waals surface area contributed by atoms with Gasteiger partial charge in [0.15, 0.2) is 0 Å². The summed E-state index contributed by atoms with van der Waals surface area (Å²) in [4.78, 5) is 29.6. The highest BCUT2D eigenvalue weighted by atomic mass is 32.2. The Kier molecular flexibility index (Phi) is 11.2. The first-order chi connectivity index (χ1) is 20.7. The highest BCUT2D eigenvalue weighted by Crippen LogP contribution is 2.30. The van der Waals surface area contributed by atoms with E-state index in [1.807, 2.05) is 61.5 Å². The van der Waals surface area contributed by atoms with Crippen LogP contribution in [0.25, 0.3) is 0 Å². The summed E-state index contributed by atoms with van der Waals surface area (Å²) in [5, 5.41) is 3.23. The lowest BCUT2D eigenvalue weighted by Gasteiger charge is -2.33. The summed E-state index contributed by atoms with van der Waals surface area (Å²) >= 11 is 0. The van der Waals surface area contributed by atoms with E-state index in [9.17, 15) is 18.0 Å². The van der Waals surface area contributed by atoms with Crippen molar-refractivity contribution in [2.75, 3.05) is 24.2 Å². The molecule has 43 heavy (non-hydrogen) atoms. The van der Waals surface area contributed by atoms with E-state index in [1.165, 1.54) is 11.4 Å². The van der Waals surface area contributed by atoms with Crippen molar-refractivity contribution in [2.24, 2.45) is 0 Å². The van der Waals surface area contributed by atoms with E-state index in [1.54, 1.807) is 29.2 Å². The fraction of sp³-hybridized carbons (Fsp3) is 0.412. The SMILES string of the molecule is COc1ccccc1N(CCCC(=O)N(Cc1cccc(C)c1)C(Cc1ccccc1)C(=O)NC1CCCC1)S(C)(=O)=O. The average molecular weight is 606 g/mol. The first kappa shape index (κ1) is 32.1. The number of amides is 2. The van der Waals surface area contributed by atoms with Crippen molar-refractivity contribution in [3.05, 3.63) is 95.6 Å². The van der Waals surface area contributed by atoms with E-state index in [2.05, 4.69) is 5.32 Å². The number of carbonyl (C=O) groups excluding carboxylic acids is 2. The molecule has 0 saturated heterocycles. The van der Waals surface area contributed by atoms with Crippen LogP contribution >= 0.6 is 0 Å². The molecule has 3 aromatic rings. The molecule has 0 aromatic heterocycles. The summed E-state index contributed by atoms with van der Waals surface area (Å²) in [6.07, 6.45) is 5.94. The molecule has 1 N–H and O–H groups in total. The quantitative estimate of drug-likeness (QED) is 0.271. The predicted molar refractivity (Wildman–Crippen MR) is 170 cm³/mol. The first-order valence-corrected chi connectivity index (χ1v) is 16.8. The predicted octanol–water partition coefficient (Wildman–Crippen LogP) is 5.25. The highest BCUT2D eigenvalue weighted by molar-refractivity contribution is 7.92. The molecule has 1 aliphatic rings. The summed E-state index contributed by atoms with van der Waals surface area (Å²) < 4.78 is 32.2. The molecule has 1 atom stereocenters. The van der Waals surface area contributed by atoms with Gasteiger partial charge in [0, 0.05) is 32.0 Å². The Balaban J connectivity index is 1.60. The van der Waals surface area contributed by atoms with E-state index in [0.717, 1.165) is 48.6 Å². The van der Waals surface area contributed by atoms with Gasteiger partial charge in [-0.25, -0.2) is 8.42 Å². The Morgan fingerprint density at radius 2 is 1.63 bits per heavy atom. The van der Waals surface area contributed by atoms with E-state index < -0.39 is 16.1 Å². The number of aryl methyl sites for hydroxylation is 1. The number of sulfonamides is 1. The van der Waals surface area contributed by atoms with Gasteiger partial charge in [0.25, 0.3) is 0 Å². The first-order valence-electron chi connectivity index (χ1n) is 15.0. The number of anilines is 1. The van der Waals surface area contributed by atoms with Gasteiger partial charge in [0.1, 0.15) is 11.8 Å². The number of nitrogens with one attached hydrogen (secondary N) is 1. The third-order valence-electron chi connectivity index (χ3n) is 7.91. The van der Waals surface area contributed by atoms with Gasteiger partial charge >= 0.3 is 0 Å². The molecule has 230 valence electrons. The van der Waals surface area contributed by atoms with Gasteiger partial charge in [-0.3, -0.25) is 13.9 Å². The van der Waals surface area contributed by atoms with Gasteiger partial charge in [-0.05, 0) is 49.4 Å². The zero-order valence-electron chi connectivity index (χ0n) is 25.4. The van der Waals surface area contributed by atoms with Crippen LogP contribution in [-0.4, -0.2) is 57.1 Å². The monoisotopic (exact) mass is 605 g/mol. The van der Waals surface area contributed by atoms with Crippen molar-refractivity contribution in [3.63, 3.8) is 0 Å². The molecule has 3 aromatic carbocycles. The lowest BCUT2D eigenvalue weighted by molar-refractivity contribution is -0.141. The number of hydrogen-bond donors (Lipinski definition) is 1. The molecule has 0 radical (unpaired) electrons. The Morgan fingerprint density at radius 1 is 0.953 bits per heavy atom. The Bertz CT molecular complexity index is 1470. The molecule has 1 fully saturated rings. The number of hydrogen-bond acceptors (Lipinski definition) is 5. The molecule has 9 heteroatoms. The van der Waals surface area contributed by atoms with Gasteiger partial charge in [-0.15, -0.1) is 0 Å². The summed E-state index contributed by atoms with van der Waals surface area (Å²) in [5.74, 6) is 0.0906. The molecular weight excluding hydrogens is 562 g/mol. The van der Waals surface area contributed by atoms with Crippen LogP contribution in [-0.2, 0) is 32.6 Å². The van der Waals surface area contributed by atoms with Crippen molar-refractivity contribution >= 4 is 27.5 Å². The molecule has 8 nitrogen and oxygen atoms in total. The van der Waals surface area contributed by atoms with Gasteiger partial charge in [0.05, 0.1) is 19.1 Å². The summed E-state index contributed by atoms with van der Waals surface area (Å²) in [7, 11) is -2.15. The maximum atomic E-state index is 14.0. The van der Waals surface area contributed by atoms with Gasteiger partial charge in [-0.2, -0.15) is 0 Å². The Morgan fingerprint density at radius 3 is 2.30 bits per heavy atom. The second-order valence-corrected chi connectivity index (χ2v) is 13.2. The smallest absolute Gasteiger partial charge is 0.243 e. The number of methoxy groups -OCH3 is 1. The minimum absolute atomic E-state index is 0.0784. The van der Waals surface area contributed by atoms with Crippen molar-refractivity contribution < 1.29 is 22.7 Å². The molecule has 0 aliphatic heterocycles. The topological polar surface area (TPSA) is 96.0 Å². The average Bonchev–Trinajstić information content (AvgIpc) is 3.50. The number of rotatable bonds is 14. The molecule has 1 unspecified atom stereocenters. The molecule has 0 heterocycles. The number of benzene rings is 3. The van der Waals surface area contributed by atoms with Crippen LogP contribution in [0.5, 0.6) is 5.75 Å². The zero-order valence-corrected chi connectivity index (χ0v) is 26.2. The van der Waals surface area contributed by atoms with Crippen LogP contribution in [0.1, 0.15) is 55.2 Å². The third kappa shape index (κ3) is 9.07. The number of carbonyl (C=O) groups is 2. The number of ether oxygens (including phenoxy) is 1. The fourth-order valence-corrected chi connectivity index (χ4v) is 6.72. The number of para-hydroxylation sites is 2. The molecule has 0 bridgehead atoms. The van der Waals surface area contributed by atoms with Gasteiger partial charge < -0.3 is 15.0 Å². The minimum Gasteiger partial charge on any atom is -0.495 e. The van der Waals surface area contributed by atoms with E-state index >= 15 is 0 Å². The van der Waals surface area contributed by atoms with E-state index in [0.29, 0.717) is 17.9 Å². The summed E-state index contributed by atoms with van der Waals surface area (Å²) in [6.45, 7) is 2.38. The maximum absolute atomic E-state index is 14.0. The van der Waals surface area contributed by atoms with Crippen LogP contribution in [0.2, 0.25) is 0 Å². The lowest BCUT2D eigenvalue weighted by Crippen LogP contribution is -2.52. The molecule has 0 spiro atoms. The highest BCUT2D eigenvalue weighted by Gasteiger charge is 2.32. The Hall–Kier alpha value is -3.85. The number of nitrogens with zero attached hydrogens (tertiary/aromatic N) is 2. The van der Waals surface area contributed by atoms with Crippen molar-refractivity contribution in [2.45, 2.75) is 70.5 Å². The molecule has 1 saturated carbocycles. The van der Waals surface area contributed by atoms with Crippen LogP contribution in [0.3, 0.4) is 0 Å². The second kappa shape index (κ2) is 15.0. The van der Waals surface area contributed by atoms with Crippen LogP contribution in [0, 0.1) is 6.92 Å². The van der Waals surface area contributed by atoms with Crippen molar-refractivity contribution in [1.82, 2.24) is 10.2 Å². The van der Waals surface area contributed by atoms with Gasteiger partial charge in [0.2, 0.25) is 21.8 Å². The Labute approximate surface area is 256 Å². The molecule has 2 amide bonds. The third-order valence-corrected chi connectivity index (χ3v) is 9.09. The largest absolute Gasteiger partial charge is 0.495 e. The second-order valence-electron chi connectivity index (χ2n) is 11.3.